The first-order valence-corrected chi connectivity index (χ1v) is 6.04. The highest BCUT2D eigenvalue weighted by Crippen LogP contribution is 2.24. The van der Waals surface area contributed by atoms with Crippen LogP contribution in [0, 0.1) is 18.3 Å². The SMILES string of the molecule is COc1ccccc1Cc1nc(C)c(C#N)s1. The molecule has 86 valence electrons. The zero-order valence-corrected chi connectivity index (χ0v) is 10.5. The molecule has 1 aromatic carbocycles. The van der Waals surface area contributed by atoms with E-state index in [1.807, 2.05) is 31.2 Å². The van der Waals surface area contributed by atoms with Crippen molar-refractivity contribution in [2.24, 2.45) is 0 Å². The molecule has 1 aromatic heterocycles. The molecule has 0 aliphatic heterocycles. The van der Waals surface area contributed by atoms with Crippen LogP contribution in [-0.4, -0.2) is 12.1 Å². The van der Waals surface area contributed by atoms with E-state index in [2.05, 4.69) is 11.1 Å². The van der Waals surface area contributed by atoms with Crippen LogP contribution in [0.5, 0.6) is 5.75 Å². The number of nitrogens with zero attached hydrogens (tertiary/aromatic N) is 2. The van der Waals surface area contributed by atoms with Crippen molar-refractivity contribution in [1.29, 1.82) is 5.26 Å². The molecule has 17 heavy (non-hydrogen) atoms. The van der Waals surface area contributed by atoms with E-state index in [1.165, 1.54) is 11.3 Å². The molecule has 0 saturated heterocycles. The van der Waals surface area contributed by atoms with Crippen LogP contribution in [0.4, 0.5) is 0 Å². The highest BCUT2D eigenvalue weighted by Gasteiger charge is 2.09. The third-order valence-electron chi connectivity index (χ3n) is 2.48. The number of benzene rings is 1. The first-order chi connectivity index (χ1) is 8.24. The largest absolute Gasteiger partial charge is 0.496 e. The first-order valence-electron chi connectivity index (χ1n) is 5.23. The number of ether oxygens (including phenoxy) is 1. The second-order valence-corrected chi connectivity index (χ2v) is 4.71. The van der Waals surface area contributed by atoms with E-state index < -0.39 is 0 Å². The van der Waals surface area contributed by atoms with Crippen molar-refractivity contribution in [2.45, 2.75) is 13.3 Å². The fraction of sp³-hybridized carbons (Fsp3) is 0.231. The molecule has 0 bridgehead atoms. The lowest BCUT2D eigenvalue weighted by Gasteiger charge is -2.05. The summed E-state index contributed by atoms with van der Waals surface area (Å²) in [5.74, 6) is 0.860. The maximum absolute atomic E-state index is 8.89. The summed E-state index contributed by atoms with van der Waals surface area (Å²) in [4.78, 5) is 5.08. The van der Waals surface area contributed by atoms with E-state index in [0.29, 0.717) is 11.3 Å². The van der Waals surface area contributed by atoms with E-state index in [4.69, 9.17) is 10.00 Å². The summed E-state index contributed by atoms with van der Waals surface area (Å²) in [6.45, 7) is 1.86. The van der Waals surface area contributed by atoms with Crippen molar-refractivity contribution in [1.82, 2.24) is 4.98 Å². The number of para-hydroxylation sites is 1. The fourth-order valence-electron chi connectivity index (χ4n) is 1.64. The molecule has 4 heteroatoms. The Kier molecular flexibility index (Phi) is 3.40. The number of aromatic nitrogens is 1. The van der Waals surface area contributed by atoms with Gasteiger partial charge >= 0.3 is 0 Å². The van der Waals surface area contributed by atoms with Gasteiger partial charge in [0.25, 0.3) is 0 Å². The molecule has 0 atom stereocenters. The molecule has 0 aliphatic carbocycles. The number of rotatable bonds is 3. The normalized spacial score (nSPS) is 9.94. The molecule has 0 unspecified atom stereocenters. The molecule has 0 fully saturated rings. The van der Waals surface area contributed by atoms with E-state index in [-0.39, 0.29) is 0 Å². The predicted octanol–water partition coefficient (Wildman–Crippen LogP) is 2.92. The summed E-state index contributed by atoms with van der Waals surface area (Å²) in [5, 5.41) is 9.84. The predicted molar refractivity (Wildman–Crippen MR) is 67.4 cm³/mol. The summed E-state index contributed by atoms with van der Waals surface area (Å²) < 4.78 is 5.29. The molecule has 0 N–H and O–H groups in total. The highest BCUT2D eigenvalue weighted by molar-refractivity contribution is 7.12. The number of aryl methyl sites for hydroxylation is 1. The van der Waals surface area contributed by atoms with Crippen molar-refractivity contribution in [3.05, 3.63) is 45.4 Å². The molecule has 1 heterocycles. The van der Waals surface area contributed by atoms with Crippen molar-refractivity contribution in [3.63, 3.8) is 0 Å². The molecule has 3 nitrogen and oxygen atoms in total. The number of hydrogen-bond donors (Lipinski definition) is 0. The van der Waals surface area contributed by atoms with Crippen LogP contribution in [-0.2, 0) is 6.42 Å². The summed E-state index contributed by atoms with van der Waals surface area (Å²) in [5.41, 5.74) is 1.90. The Morgan fingerprint density at radius 1 is 1.41 bits per heavy atom. The van der Waals surface area contributed by atoms with Gasteiger partial charge in [-0.3, -0.25) is 0 Å². The zero-order valence-electron chi connectivity index (χ0n) is 9.73. The highest BCUT2D eigenvalue weighted by atomic mass is 32.1. The molecular formula is C13H12N2OS. The van der Waals surface area contributed by atoms with Crippen LogP contribution >= 0.6 is 11.3 Å². The molecule has 2 aromatic rings. The van der Waals surface area contributed by atoms with E-state index in [0.717, 1.165) is 22.0 Å². The lowest BCUT2D eigenvalue weighted by Crippen LogP contribution is -1.92. The number of methoxy groups -OCH3 is 1. The van der Waals surface area contributed by atoms with Gasteiger partial charge in [0.15, 0.2) is 0 Å². The summed E-state index contributed by atoms with van der Waals surface area (Å²) in [6, 6.07) is 10.0. The van der Waals surface area contributed by atoms with Gasteiger partial charge in [-0.15, -0.1) is 11.3 Å². The van der Waals surface area contributed by atoms with Crippen molar-refractivity contribution >= 4 is 11.3 Å². The standard InChI is InChI=1S/C13H12N2OS/c1-9-12(8-14)17-13(15-9)7-10-5-3-4-6-11(10)16-2/h3-6H,7H2,1-2H3. The van der Waals surface area contributed by atoms with Crippen LogP contribution < -0.4 is 4.74 Å². The molecular weight excluding hydrogens is 232 g/mol. The Hall–Kier alpha value is -1.86. The van der Waals surface area contributed by atoms with Crippen LogP contribution in [0.3, 0.4) is 0 Å². The van der Waals surface area contributed by atoms with Gasteiger partial charge in [0.05, 0.1) is 17.8 Å². The third-order valence-corrected chi connectivity index (χ3v) is 3.54. The molecule has 0 saturated carbocycles. The Morgan fingerprint density at radius 3 is 2.82 bits per heavy atom. The van der Waals surface area contributed by atoms with Crippen molar-refractivity contribution < 1.29 is 4.74 Å². The fourth-order valence-corrected chi connectivity index (χ4v) is 2.53. The van der Waals surface area contributed by atoms with Crippen LogP contribution in [0.25, 0.3) is 0 Å². The molecule has 0 aliphatic rings. The van der Waals surface area contributed by atoms with E-state index in [9.17, 15) is 0 Å². The average molecular weight is 244 g/mol. The maximum atomic E-state index is 8.89. The number of thiazole rings is 1. The van der Waals surface area contributed by atoms with Gasteiger partial charge in [-0.05, 0) is 13.0 Å². The zero-order chi connectivity index (χ0) is 12.3. The van der Waals surface area contributed by atoms with Crippen LogP contribution in [0.1, 0.15) is 21.1 Å². The van der Waals surface area contributed by atoms with Gasteiger partial charge in [0.1, 0.15) is 16.7 Å². The molecule has 0 spiro atoms. The molecule has 2 rings (SSSR count). The lowest BCUT2D eigenvalue weighted by atomic mass is 10.1. The van der Waals surface area contributed by atoms with Gasteiger partial charge in [-0.2, -0.15) is 5.26 Å². The van der Waals surface area contributed by atoms with Gasteiger partial charge in [0.2, 0.25) is 0 Å². The minimum Gasteiger partial charge on any atom is -0.496 e. The summed E-state index contributed by atoms with van der Waals surface area (Å²) in [7, 11) is 1.66. The quantitative estimate of drug-likeness (QED) is 0.834. The summed E-state index contributed by atoms with van der Waals surface area (Å²) in [6.07, 6.45) is 0.706. The average Bonchev–Trinajstić information content (AvgIpc) is 2.70. The third kappa shape index (κ3) is 2.45. The second kappa shape index (κ2) is 4.98. The minimum absolute atomic E-state index is 0.690. The van der Waals surface area contributed by atoms with Gasteiger partial charge < -0.3 is 4.74 Å². The molecule has 0 amide bonds. The van der Waals surface area contributed by atoms with Crippen LogP contribution in [0.2, 0.25) is 0 Å². The molecule has 0 radical (unpaired) electrons. The van der Waals surface area contributed by atoms with E-state index in [1.54, 1.807) is 7.11 Å². The number of hydrogen-bond acceptors (Lipinski definition) is 4. The lowest BCUT2D eigenvalue weighted by molar-refractivity contribution is 0.410. The van der Waals surface area contributed by atoms with Gasteiger partial charge in [0, 0.05) is 12.0 Å². The second-order valence-electron chi connectivity index (χ2n) is 3.62. The maximum Gasteiger partial charge on any atom is 0.127 e. The van der Waals surface area contributed by atoms with Crippen molar-refractivity contribution in [2.75, 3.05) is 7.11 Å². The van der Waals surface area contributed by atoms with E-state index >= 15 is 0 Å². The van der Waals surface area contributed by atoms with Gasteiger partial charge in [-0.1, -0.05) is 18.2 Å². The Balaban J connectivity index is 2.29. The van der Waals surface area contributed by atoms with Crippen molar-refractivity contribution in [3.8, 4) is 11.8 Å². The Labute approximate surface area is 104 Å². The van der Waals surface area contributed by atoms with Gasteiger partial charge in [-0.25, -0.2) is 4.98 Å². The smallest absolute Gasteiger partial charge is 0.127 e. The number of nitriles is 1. The van der Waals surface area contributed by atoms with Crippen LogP contribution in [0.15, 0.2) is 24.3 Å². The topological polar surface area (TPSA) is 45.9 Å². The minimum atomic E-state index is 0.690. The first kappa shape index (κ1) is 11.6. The monoisotopic (exact) mass is 244 g/mol. The Morgan fingerprint density at radius 2 is 2.18 bits per heavy atom. The summed E-state index contributed by atoms with van der Waals surface area (Å²) >= 11 is 1.45. The Bertz CT molecular complexity index is 569.